The first kappa shape index (κ1) is 7.37. The van der Waals surface area contributed by atoms with Crippen molar-refractivity contribution in [2.75, 3.05) is 7.11 Å². The number of benzene rings is 1. The van der Waals surface area contributed by atoms with Crippen LogP contribution in [0.2, 0.25) is 0 Å². The van der Waals surface area contributed by atoms with E-state index in [1.165, 1.54) is 11.7 Å². The lowest BCUT2D eigenvalue weighted by Crippen LogP contribution is -2.87. The molecular weight excluding hydrogens is 196 g/mol. The summed E-state index contributed by atoms with van der Waals surface area (Å²) in [7, 11) is 1.83. The van der Waals surface area contributed by atoms with E-state index >= 15 is 0 Å². The predicted octanol–water partition coefficient (Wildman–Crippen LogP) is 2.63. The topological polar surface area (TPSA) is 9.23 Å². The van der Waals surface area contributed by atoms with Crippen LogP contribution in [0.15, 0.2) is 18.2 Å². The number of rotatable bonds is 1. The van der Waals surface area contributed by atoms with Gasteiger partial charge in [0, 0.05) is 5.56 Å². The Hall–Kier alpha value is -0.980. The van der Waals surface area contributed by atoms with Crippen LogP contribution in [0.25, 0.3) is 0 Å². The van der Waals surface area contributed by atoms with Crippen molar-refractivity contribution < 1.29 is 4.74 Å². The van der Waals surface area contributed by atoms with Gasteiger partial charge in [0.15, 0.2) is 0 Å². The Balaban J connectivity index is 1.69. The molecule has 8 atom stereocenters. The SMILES string of the molecule is COc1cccc2c1C1[C@@H]3C4C5[C@H]3C2[C@@H]5[C@@H]14. The Bertz CT molecular complexity index is 528. The second kappa shape index (κ2) is 1.83. The molecule has 4 saturated carbocycles. The molecule has 0 aliphatic heterocycles. The minimum absolute atomic E-state index is 0.904. The van der Waals surface area contributed by atoms with Crippen molar-refractivity contribution in [2.45, 2.75) is 11.8 Å². The van der Waals surface area contributed by atoms with Gasteiger partial charge in [0.1, 0.15) is 5.75 Å². The van der Waals surface area contributed by atoms with Crippen LogP contribution in [0, 0.1) is 35.5 Å². The Morgan fingerprint density at radius 2 is 1.56 bits per heavy atom. The first-order valence-electron chi connectivity index (χ1n) is 6.60. The monoisotopic (exact) mass is 210 g/mol. The molecule has 1 aromatic rings. The molecule has 0 radical (unpaired) electrons. The summed E-state index contributed by atoms with van der Waals surface area (Å²) in [4.78, 5) is 0. The fourth-order valence-electron chi connectivity index (χ4n) is 6.60. The van der Waals surface area contributed by atoms with Crippen molar-refractivity contribution in [1.82, 2.24) is 0 Å². The maximum absolute atomic E-state index is 5.59. The van der Waals surface area contributed by atoms with E-state index in [0.29, 0.717) is 0 Å². The van der Waals surface area contributed by atoms with Gasteiger partial charge in [-0.25, -0.2) is 0 Å². The van der Waals surface area contributed by atoms with Crippen molar-refractivity contribution in [3.8, 4) is 5.75 Å². The Morgan fingerprint density at radius 1 is 0.875 bits per heavy atom. The summed E-state index contributed by atoms with van der Waals surface area (Å²) in [6.45, 7) is 0. The fraction of sp³-hybridized carbons (Fsp3) is 0.600. The zero-order valence-electron chi connectivity index (χ0n) is 9.26. The summed E-state index contributed by atoms with van der Waals surface area (Å²) in [5.74, 6) is 9.72. The summed E-state index contributed by atoms with van der Waals surface area (Å²) >= 11 is 0. The van der Waals surface area contributed by atoms with E-state index in [4.69, 9.17) is 4.74 Å². The van der Waals surface area contributed by atoms with Crippen molar-refractivity contribution in [3.05, 3.63) is 29.3 Å². The predicted molar refractivity (Wildman–Crippen MR) is 59.4 cm³/mol. The summed E-state index contributed by atoms with van der Waals surface area (Å²) in [6.07, 6.45) is 0. The number of hydrogen-bond acceptors (Lipinski definition) is 1. The minimum atomic E-state index is 0.904. The van der Waals surface area contributed by atoms with Crippen LogP contribution in [0.3, 0.4) is 0 Å². The fourth-order valence-corrected chi connectivity index (χ4v) is 6.60. The lowest BCUT2D eigenvalue weighted by atomic mass is 9.11. The van der Waals surface area contributed by atoms with Crippen molar-refractivity contribution in [3.63, 3.8) is 0 Å². The molecule has 6 aliphatic carbocycles. The zero-order chi connectivity index (χ0) is 10.2. The summed E-state index contributed by atoms with van der Waals surface area (Å²) in [5, 5.41) is 0. The van der Waals surface area contributed by atoms with Gasteiger partial charge in [0.05, 0.1) is 7.11 Å². The molecular formula is C15H14O. The maximum Gasteiger partial charge on any atom is 0.122 e. The molecule has 0 amide bonds. The highest BCUT2D eigenvalue weighted by atomic mass is 16.5. The highest BCUT2D eigenvalue weighted by molar-refractivity contribution is 5.59. The molecule has 0 saturated heterocycles. The molecule has 7 rings (SSSR count). The summed E-state index contributed by atoms with van der Waals surface area (Å²) in [6, 6.07) is 6.74. The van der Waals surface area contributed by atoms with E-state index < -0.39 is 0 Å². The van der Waals surface area contributed by atoms with Crippen molar-refractivity contribution in [2.24, 2.45) is 35.5 Å². The lowest BCUT2D eigenvalue weighted by Gasteiger charge is -2.92. The van der Waals surface area contributed by atoms with Gasteiger partial charge in [-0.3, -0.25) is 0 Å². The Labute approximate surface area is 94.8 Å². The third-order valence-corrected chi connectivity index (χ3v) is 6.78. The Kier molecular flexibility index (Phi) is 0.843. The van der Waals surface area contributed by atoms with Crippen LogP contribution in [0.1, 0.15) is 23.0 Å². The van der Waals surface area contributed by atoms with Crippen molar-refractivity contribution in [1.29, 1.82) is 0 Å². The molecule has 4 unspecified atom stereocenters. The molecule has 0 aromatic heterocycles. The van der Waals surface area contributed by atoms with Gasteiger partial charge in [-0.05, 0) is 59.0 Å². The van der Waals surface area contributed by atoms with Crippen LogP contribution < -0.4 is 4.74 Å². The first-order chi connectivity index (χ1) is 7.93. The van der Waals surface area contributed by atoms with Crippen LogP contribution in [0.4, 0.5) is 0 Å². The molecule has 2 bridgehead atoms. The van der Waals surface area contributed by atoms with Crippen molar-refractivity contribution >= 4 is 0 Å². The van der Waals surface area contributed by atoms with E-state index in [2.05, 4.69) is 18.2 Å². The molecule has 0 N–H and O–H groups in total. The summed E-state index contributed by atoms with van der Waals surface area (Å²) < 4.78 is 5.59. The Morgan fingerprint density at radius 3 is 2.25 bits per heavy atom. The number of methoxy groups -OCH3 is 1. The van der Waals surface area contributed by atoms with Crippen LogP contribution in [-0.4, -0.2) is 7.11 Å². The van der Waals surface area contributed by atoms with E-state index in [1.807, 2.05) is 7.11 Å². The quantitative estimate of drug-likeness (QED) is 0.692. The maximum atomic E-state index is 5.59. The average Bonchev–Trinajstić information content (AvgIpc) is 2.29. The number of ether oxygens (including phenoxy) is 1. The molecule has 0 heterocycles. The molecule has 1 nitrogen and oxygen atoms in total. The van der Waals surface area contributed by atoms with E-state index in [9.17, 15) is 0 Å². The largest absolute Gasteiger partial charge is 0.496 e. The smallest absolute Gasteiger partial charge is 0.122 e. The van der Waals surface area contributed by atoms with Gasteiger partial charge in [-0.1, -0.05) is 12.1 Å². The van der Waals surface area contributed by atoms with Gasteiger partial charge < -0.3 is 4.74 Å². The van der Waals surface area contributed by atoms with E-state index in [0.717, 1.165) is 41.4 Å². The highest BCUT2D eigenvalue weighted by Crippen LogP contribution is 2.94. The molecule has 0 spiro atoms. The van der Waals surface area contributed by atoms with E-state index in [1.54, 1.807) is 11.1 Å². The highest BCUT2D eigenvalue weighted by Gasteiger charge is 2.89. The summed E-state index contributed by atoms with van der Waals surface area (Å²) in [5.41, 5.74) is 3.29. The van der Waals surface area contributed by atoms with Gasteiger partial charge >= 0.3 is 0 Å². The third-order valence-electron chi connectivity index (χ3n) is 6.78. The second-order valence-corrected chi connectivity index (χ2v) is 6.48. The molecule has 4 fully saturated rings. The average molecular weight is 210 g/mol. The molecule has 80 valence electrons. The molecule has 16 heavy (non-hydrogen) atoms. The first-order valence-corrected chi connectivity index (χ1v) is 6.60. The van der Waals surface area contributed by atoms with E-state index in [-0.39, 0.29) is 0 Å². The number of hydrogen-bond donors (Lipinski definition) is 0. The lowest BCUT2D eigenvalue weighted by molar-refractivity contribution is -0.407. The van der Waals surface area contributed by atoms with Crippen LogP contribution in [-0.2, 0) is 0 Å². The third kappa shape index (κ3) is 0.419. The van der Waals surface area contributed by atoms with Gasteiger partial charge in [0.25, 0.3) is 0 Å². The van der Waals surface area contributed by atoms with Gasteiger partial charge in [-0.2, -0.15) is 0 Å². The van der Waals surface area contributed by atoms with Gasteiger partial charge in [-0.15, -0.1) is 0 Å². The van der Waals surface area contributed by atoms with Gasteiger partial charge in [0.2, 0.25) is 0 Å². The minimum Gasteiger partial charge on any atom is -0.496 e. The molecule has 6 aliphatic rings. The second-order valence-electron chi connectivity index (χ2n) is 6.48. The normalized spacial score (nSPS) is 59.6. The van der Waals surface area contributed by atoms with Crippen LogP contribution in [0.5, 0.6) is 5.75 Å². The molecule has 1 aromatic carbocycles. The standard InChI is InChI=1S/C15H14O/c1-16-6-4-2-3-5-7(6)9-12-10-8(5)11-13(9)15(12)14(10)11/h2-4,8-15H,1H3/t8?,9?,10-,11+,12-,13+,14?,15?. The molecule has 1 heteroatoms. The zero-order valence-corrected chi connectivity index (χ0v) is 9.26. The van der Waals surface area contributed by atoms with Crippen LogP contribution >= 0.6 is 0 Å².